The molecule has 0 atom stereocenters. The number of amides is 2. The SMILES string of the molecule is O=C(Nc1ccccc1C(=O)O)c1ccc(NC(=O)c2ccccc2C(=O)O)cc1. The summed E-state index contributed by atoms with van der Waals surface area (Å²) in [5, 5.41) is 23.5. The van der Waals surface area contributed by atoms with Gasteiger partial charge in [-0.2, -0.15) is 0 Å². The molecule has 0 heterocycles. The van der Waals surface area contributed by atoms with Crippen LogP contribution in [0.5, 0.6) is 0 Å². The van der Waals surface area contributed by atoms with E-state index in [2.05, 4.69) is 10.6 Å². The van der Waals surface area contributed by atoms with Crippen LogP contribution < -0.4 is 10.6 Å². The highest BCUT2D eigenvalue weighted by Gasteiger charge is 2.16. The van der Waals surface area contributed by atoms with Crippen LogP contribution in [0.2, 0.25) is 0 Å². The molecule has 8 heteroatoms. The molecule has 0 saturated heterocycles. The van der Waals surface area contributed by atoms with Crippen molar-refractivity contribution in [2.45, 2.75) is 0 Å². The molecular formula is C22H16N2O6. The number of carboxylic acids is 2. The van der Waals surface area contributed by atoms with E-state index in [1.54, 1.807) is 18.2 Å². The number of anilines is 2. The van der Waals surface area contributed by atoms with Gasteiger partial charge in [0.1, 0.15) is 0 Å². The average Bonchev–Trinajstić information content (AvgIpc) is 2.74. The van der Waals surface area contributed by atoms with Gasteiger partial charge in [0.15, 0.2) is 0 Å². The van der Waals surface area contributed by atoms with Gasteiger partial charge >= 0.3 is 11.9 Å². The summed E-state index contributed by atoms with van der Waals surface area (Å²) in [7, 11) is 0. The van der Waals surface area contributed by atoms with Crippen molar-refractivity contribution >= 4 is 35.1 Å². The third kappa shape index (κ3) is 4.50. The standard InChI is InChI=1S/C22H16N2O6/c25-19(24-18-8-4-3-7-17(18)22(29)30)13-9-11-14(12-10-13)23-20(26)15-5-1-2-6-16(15)21(27)28/h1-12H,(H,23,26)(H,24,25)(H,27,28)(H,29,30). The lowest BCUT2D eigenvalue weighted by molar-refractivity contribution is 0.0685. The zero-order chi connectivity index (χ0) is 21.7. The second-order valence-corrected chi connectivity index (χ2v) is 6.19. The highest BCUT2D eigenvalue weighted by atomic mass is 16.4. The first kappa shape index (κ1) is 20.3. The third-order valence-corrected chi connectivity index (χ3v) is 4.21. The van der Waals surface area contributed by atoms with Crippen molar-refractivity contribution in [1.29, 1.82) is 0 Å². The predicted octanol–water partition coefficient (Wildman–Crippen LogP) is 3.59. The van der Waals surface area contributed by atoms with Gasteiger partial charge in [0.05, 0.1) is 22.4 Å². The van der Waals surface area contributed by atoms with Crippen LogP contribution in [0, 0.1) is 0 Å². The van der Waals surface area contributed by atoms with Crippen LogP contribution in [-0.2, 0) is 0 Å². The smallest absolute Gasteiger partial charge is 0.337 e. The summed E-state index contributed by atoms with van der Waals surface area (Å²) in [6, 6.07) is 17.7. The molecule has 150 valence electrons. The molecule has 3 aromatic carbocycles. The number of aromatic carboxylic acids is 2. The Hall–Kier alpha value is -4.46. The van der Waals surface area contributed by atoms with Gasteiger partial charge in [-0.15, -0.1) is 0 Å². The maximum absolute atomic E-state index is 12.4. The molecule has 0 aromatic heterocycles. The van der Waals surface area contributed by atoms with E-state index < -0.39 is 23.8 Å². The quantitative estimate of drug-likeness (QED) is 0.496. The third-order valence-electron chi connectivity index (χ3n) is 4.21. The minimum absolute atomic E-state index is 0.0112. The van der Waals surface area contributed by atoms with Crippen LogP contribution in [0.15, 0.2) is 72.8 Å². The maximum Gasteiger partial charge on any atom is 0.337 e. The second kappa shape index (κ2) is 8.70. The summed E-state index contributed by atoms with van der Waals surface area (Å²) in [4.78, 5) is 47.3. The number of benzene rings is 3. The highest BCUT2D eigenvalue weighted by molar-refractivity contribution is 6.11. The van der Waals surface area contributed by atoms with Crippen LogP contribution in [0.25, 0.3) is 0 Å². The summed E-state index contributed by atoms with van der Waals surface area (Å²) in [5.41, 5.74) is 0.631. The monoisotopic (exact) mass is 404 g/mol. The Kier molecular flexibility index (Phi) is 5.88. The van der Waals surface area contributed by atoms with Crippen LogP contribution in [0.1, 0.15) is 41.4 Å². The molecule has 4 N–H and O–H groups in total. The Morgan fingerprint density at radius 1 is 0.567 bits per heavy atom. The van der Waals surface area contributed by atoms with Gasteiger partial charge in [-0.25, -0.2) is 9.59 Å². The molecule has 3 aromatic rings. The summed E-state index contributed by atoms with van der Waals surface area (Å²) in [5.74, 6) is -3.49. The molecule has 0 aliphatic carbocycles. The number of carboxylic acid groups (broad SMARTS) is 2. The molecule has 0 spiro atoms. The zero-order valence-corrected chi connectivity index (χ0v) is 15.5. The molecule has 0 aliphatic rings. The van der Waals surface area contributed by atoms with Crippen molar-refractivity contribution in [3.05, 3.63) is 95.1 Å². The van der Waals surface area contributed by atoms with Crippen LogP contribution in [-0.4, -0.2) is 34.0 Å². The lowest BCUT2D eigenvalue weighted by Crippen LogP contribution is -2.17. The Balaban J connectivity index is 1.73. The summed E-state index contributed by atoms with van der Waals surface area (Å²) < 4.78 is 0. The number of carbonyl (C=O) groups excluding carboxylic acids is 2. The van der Waals surface area contributed by atoms with E-state index in [0.717, 1.165) is 0 Å². The van der Waals surface area contributed by atoms with Crippen LogP contribution in [0.3, 0.4) is 0 Å². The summed E-state index contributed by atoms with van der Waals surface area (Å²) >= 11 is 0. The lowest BCUT2D eigenvalue weighted by Gasteiger charge is -2.10. The van der Waals surface area contributed by atoms with E-state index in [0.29, 0.717) is 5.69 Å². The summed E-state index contributed by atoms with van der Waals surface area (Å²) in [6.07, 6.45) is 0. The van der Waals surface area contributed by atoms with Gasteiger partial charge in [-0.3, -0.25) is 9.59 Å². The van der Waals surface area contributed by atoms with Crippen LogP contribution >= 0.6 is 0 Å². The molecule has 2 amide bonds. The topological polar surface area (TPSA) is 133 Å². The second-order valence-electron chi connectivity index (χ2n) is 6.19. The fourth-order valence-electron chi connectivity index (χ4n) is 2.74. The van der Waals surface area contributed by atoms with Crippen molar-refractivity contribution < 1.29 is 29.4 Å². The maximum atomic E-state index is 12.4. The molecular weight excluding hydrogens is 388 g/mol. The first-order chi connectivity index (χ1) is 14.4. The number of rotatable bonds is 6. The molecule has 8 nitrogen and oxygen atoms in total. The van der Waals surface area contributed by atoms with Gasteiger partial charge in [-0.1, -0.05) is 24.3 Å². The number of hydrogen-bond acceptors (Lipinski definition) is 4. The molecule has 3 rings (SSSR count). The molecule has 0 fully saturated rings. The van der Waals surface area contributed by atoms with Gasteiger partial charge in [0, 0.05) is 11.3 Å². The zero-order valence-electron chi connectivity index (χ0n) is 15.5. The van der Waals surface area contributed by atoms with Crippen molar-refractivity contribution in [3.8, 4) is 0 Å². The largest absolute Gasteiger partial charge is 0.478 e. The first-order valence-electron chi connectivity index (χ1n) is 8.74. The van der Waals surface area contributed by atoms with Crippen molar-refractivity contribution in [3.63, 3.8) is 0 Å². The Morgan fingerprint density at radius 2 is 1.10 bits per heavy atom. The van der Waals surface area contributed by atoms with E-state index in [1.807, 2.05) is 0 Å². The molecule has 0 saturated carbocycles. The average molecular weight is 404 g/mol. The van der Waals surface area contributed by atoms with Crippen molar-refractivity contribution in [2.24, 2.45) is 0 Å². The first-order valence-corrected chi connectivity index (χ1v) is 8.74. The lowest BCUT2D eigenvalue weighted by atomic mass is 10.1. The predicted molar refractivity (Wildman–Crippen MR) is 109 cm³/mol. The molecule has 0 bridgehead atoms. The molecule has 0 unspecified atom stereocenters. The van der Waals surface area contributed by atoms with Gasteiger partial charge in [0.2, 0.25) is 0 Å². The number of para-hydroxylation sites is 1. The highest BCUT2D eigenvalue weighted by Crippen LogP contribution is 2.18. The van der Waals surface area contributed by atoms with E-state index in [9.17, 15) is 29.4 Å². The molecule has 0 aliphatic heterocycles. The Morgan fingerprint density at radius 3 is 1.70 bits per heavy atom. The normalized spacial score (nSPS) is 10.1. The molecule has 30 heavy (non-hydrogen) atoms. The van der Waals surface area contributed by atoms with Crippen molar-refractivity contribution in [1.82, 2.24) is 0 Å². The van der Waals surface area contributed by atoms with Crippen molar-refractivity contribution in [2.75, 3.05) is 10.6 Å². The fraction of sp³-hybridized carbons (Fsp3) is 0. The number of hydrogen-bond donors (Lipinski definition) is 4. The van der Waals surface area contributed by atoms with Gasteiger partial charge in [0.25, 0.3) is 11.8 Å². The fourth-order valence-corrected chi connectivity index (χ4v) is 2.74. The minimum atomic E-state index is -1.21. The van der Waals surface area contributed by atoms with E-state index in [4.69, 9.17) is 0 Å². The summed E-state index contributed by atoms with van der Waals surface area (Å²) in [6.45, 7) is 0. The number of carbonyl (C=O) groups is 4. The van der Waals surface area contributed by atoms with E-state index in [-0.39, 0.29) is 27.9 Å². The van der Waals surface area contributed by atoms with Gasteiger partial charge in [-0.05, 0) is 48.5 Å². The van der Waals surface area contributed by atoms with E-state index >= 15 is 0 Å². The van der Waals surface area contributed by atoms with Crippen LogP contribution in [0.4, 0.5) is 11.4 Å². The van der Waals surface area contributed by atoms with Gasteiger partial charge < -0.3 is 20.8 Å². The minimum Gasteiger partial charge on any atom is -0.478 e. The molecule has 0 radical (unpaired) electrons. The Labute approximate surface area is 170 Å². The van der Waals surface area contributed by atoms with E-state index in [1.165, 1.54) is 54.6 Å². The Bertz CT molecular complexity index is 1140. The number of nitrogens with one attached hydrogen (secondary N) is 2.